The van der Waals surface area contributed by atoms with Gasteiger partial charge in [0.25, 0.3) is 0 Å². The Morgan fingerprint density at radius 3 is 2.74 bits per heavy atom. The van der Waals surface area contributed by atoms with Gasteiger partial charge in [-0.05, 0) is 36.6 Å². The van der Waals surface area contributed by atoms with Gasteiger partial charge in [-0.1, -0.05) is 53.8 Å². The quantitative estimate of drug-likeness (QED) is 0.511. The topological polar surface area (TPSA) is 62.7 Å². The van der Waals surface area contributed by atoms with Crippen LogP contribution in [0.25, 0.3) is 21.3 Å². The lowest BCUT2D eigenvalue weighted by molar-refractivity contribution is 0.649. The Bertz CT molecular complexity index is 1020. The minimum Gasteiger partial charge on any atom is -0.356 e. The van der Waals surface area contributed by atoms with E-state index in [0.29, 0.717) is 0 Å². The summed E-state index contributed by atoms with van der Waals surface area (Å²) in [6.07, 6.45) is 4.61. The molecule has 0 aliphatic heterocycles. The zero-order valence-electron chi connectivity index (χ0n) is 15.1. The number of nitrogens with one attached hydrogen (secondary N) is 2. The Hall–Kier alpha value is -2.83. The second-order valence-corrected chi connectivity index (χ2v) is 7.42. The van der Waals surface area contributed by atoms with E-state index in [2.05, 4.69) is 68.3 Å². The van der Waals surface area contributed by atoms with Gasteiger partial charge in [0.2, 0.25) is 5.13 Å². The van der Waals surface area contributed by atoms with Crippen LogP contribution >= 0.6 is 11.3 Å². The van der Waals surface area contributed by atoms with Gasteiger partial charge in [-0.25, -0.2) is 0 Å². The van der Waals surface area contributed by atoms with E-state index in [0.717, 1.165) is 39.4 Å². The predicted molar refractivity (Wildman–Crippen MR) is 112 cm³/mol. The van der Waals surface area contributed by atoms with Crippen LogP contribution in [-0.2, 0) is 6.42 Å². The summed E-state index contributed by atoms with van der Waals surface area (Å²) >= 11 is 1.58. The number of nitrogens with zero attached hydrogens (tertiary/aromatic N) is 3. The minimum absolute atomic E-state index is 0.251. The molecule has 1 atom stereocenters. The maximum atomic E-state index is 4.38. The van der Waals surface area contributed by atoms with Crippen LogP contribution in [0.3, 0.4) is 0 Å². The van der Waals surface area contributed by atoms with Gasteiger partial charge in [0, 0.05) is 35.9 Å². The minimum atomic E-state index is 0.251. The van der Waals surface area contributed by atoms with Crippen molar-refractivity contribution < 1.29 is 0 Å². The van der Waals surface area contributed by atoms with Crippen LogP contribution in [-0.4, -0.2) is 34.8 Å². The molecule has 0 amide bonds. The molecule has 27 heavy (non-hydrogen) atoms. The van der Waals surface area contributed by atoms with Crippen LogP contribution in [0.4, 0.5) is 5.13 Å². The van der Waals surface area contributed by atoms with Crippen LogP contribution in [0.15, 0.2) is 67.0 Å². The molecule has 0 saturated carbocycles. The fourth-order valence-corrected chi connectivity index (χ4v) is 3.93. The number of hydrogen-bond acceptors (Lipinski definition) is 6. The van der Waals surface area contributed by atoms with Crippen molar-refractivity contribution >= 4 is 27.2 Å². The van der Waals surface area contributed by atoms with Crippen LogP contribution in [0, 0.1) is 0 Å². The van der Waals surface area contributed by atoms with Gasteiger partial charge >= 0.3 is 0 Å². The highest BCUT2D eigenvalue weighted by molar-refractivity contribution is 7.18. The van der Waals surface area contributed by atoms with Crippen molar-refractivity contribution in [1.29, 1.82) is 0 Å². The van der Waals surface area contributed by atoms with Crippen molar-refractivity contribution in [3.63, 3.8) is 0 Å². The van der Waals surface area contributed by atoms with Crippen LogP contribution in [0.1, 0.15) is 5.56 Å². The van der Waals surface area contributed by atoms with E-state index < -0.39 is 0 Å². The molecule has 0 fully saturated rings. The summed E-state index contributed by atoms with van der Waals surface area (Å²) in [5.74, 6) is 0. The number of rotatable bonds is 7. The lowest BCUT2D eigenvalue weighted by Gasteiger charge is -2.17. The lowest BCUT2D eigenvalue weighted by atomic mass is 10.1. The molecule has 4 rings (SSSR count). The molecule has 0 bridgehead atoms. The molecule has 1 unspecified atom stereocenters. The zero-order valence-corrected chi connectivity index (χ0v) is 15.9. The SMILES string of the molecule is CNCC(Cc1ccccc1)Nc1nnc(-c2ccc3cnccc3c2)s1. The summed E-state index contributed by atoms with van der Waals surface area (Å²) in [4.78, 5) is 4.16. The Morgan fingerprint density at radius 2 is 1.89 bits per heavy atom. The molecule has 136 valence electrons. The first-order valence-electron chi connectivity index (χ1n) is 8.94. The number of hydrogen-bond donors (Lipinski definition) is 2. The summed E-state index contributed by atoms with van der Waals surface area (Å²) in [5.41, 5.74) is 2.38. The molecule has 0 radical (unpaired) electrons. The summed E-state index contributed by atoms with van der Waals surface area (Å²) in [7, 11) is 1.97. The maximum absolute atomic E-state index is 4.38. The van der Waals surface area contributed by atoms with Gasteiger partial charge in [0.05, 0.1) is 0 Å². The Morgan fingerprint density at radius 1 is 1.00 bits per heavy atom. The second-order valence-electron chi connectivity index (χ2n) is 6.44. The molecular weight excluding hydrogens is 354 g/mol. The average Bonchev–Trinajstić information content (AvgIpc) is 3.17. The molecule has 0 aliphatic carbocycles. The second kappa shape index (κ2) is 8.24. The number of pyridine rings is 1. The summed E-state index contributed by atoms with van der Waals surface area (Å²) in [6, 6.07) is 19.0. The molecule has 2 aromatic heterocycles. The van der Waals surface area contributed by atoms with Gasteiger partial charge in [0.1, 0.15) is 5.01 Å². The fraction of sp³-hybridized carbons (Fsp3) is 0.190. The Balaban J connectivity index is 1.51. The third kappa shape index (κ3) is 4.30. The first kappa shape index (κ1) is 17.6. The number of anilines is 1. The number of fused-ring (bicyclic) bond motifs is 1. The summed E-state index contributed by atoms with van der Waals surface area (Å²) in [5, 5.41) is 19.6. The largest absolute Gasteiger partial charge is 0.356 e. The van der Waals surface area contributed by atoms with E-state index in [1.54, 1.807) is 11.3 Å². The van der Waals surface area contributed by atoms with Crippen LogP contribution < -0.4 is 10.6 Å². The van der Waals surface area contributed by atoms with Gasteiger partial charge in [-0.3, -0.25) is 4.98 Å². The third-order valence-electron chi connectivity index (χ3n) is 4.42. The predicted octanol–water partition coefficient (Wildman–Crippen LogP) is 4.00. The van der Waals surface area contributed by atoms with Crippen molar-refractivity contribution in [3.8, 4) is 10.6 Å². The fourth-order valence-electron chi connectivity index (χ4n) is 3.11. The Labute approximate surface area is 162 Å². The van der Waals surface area contributed by atoms with E-state index >= 15 is 0 Å². The first-order chi connectivity index (χ1) is 13.3. The average molecular weight is 376 g/mol. The van der Waals surface area contributed by atoms with Crippen LogP contribution in [0.2, 0.25) is 0 Å². The molecular formula is C21H21N5S. The highest BCUT2D eigenvalue weighted by Gasteiger charge is 2.13. The molecule has 6 heteroatoms. The highest BCUT2D eigenvalue weighted by Crippen LogP contribution is 2.29. The molecule has 2 heterocycles. The van der Waals surface area contributed by atoms with Gasteiger partial charge in [0.15, 0.2) is 0 Å². The molecule has 0 spiro atoms. The smallest absolute Gasteiger partial charge is 0.206 e. The van der Waals surface area contributed by atoms with Crippen molar-refractivity contribution in [2.75, 3.05) is 18.9 Å². The first-order valence-corrected chi connectivity index (χ1v) is 9.76. The molecule has 0 aliphatic rings. The zero-order chi connectivity index (χ0) is 18.5. The summed E-state index contributed by atoms with van der Waals surface area (Å²) in [6.45, 7) is 0.854. The molecule has 4 aromatic rings. The molecule has 2 aromatic carbocycles. The van der Waals surface area contributed by atoms with E-state index in [4.69, 9.17) is 0 Å². The maximum Gasteiger partial charge on any atom is 0.206 e. The molecule has 5 nitrogen and oxygen atoms in total. The van der Waals surface area contributed by atoms with E-state index in [1.807, 2.05) is 31.6 Å². The standard InChI is InChI=1S/C21H21N5S/c1-22-14-19(11-15-5-3-2-4-6-15)24-21-26-25-20(27-21)17-7-8-18-13-23-10-9-16(18)12-17/h2-10,12-13,19,22H,11,14H2,1H3,(H,24,26). The monoisotopic (exact) mass is 375 g/mol. The van der Waals surface area contributed by atoms with Crippen molar-refractivity contribution in [3.05, 3.63) is 72.6 Å². The lowest BCUT2D eigenvalue weighted by Crippen LogP contribution is -2.33. The van der Waals surface area contributed by atoms with Gasteiger partial charge < -0.3 is 10.6 Å². The number of aromatic nitrogens is 3. The highest BCUT2D eigenvalue weighted by atomic mass is 32.1. The van der Waals surface area contributed by atoms with E-state index in [1.165, 1.54) is 5.56 Å². The summed E-state index contributed by atoms with van der Waals surface area (Å²) < 4.78 is 0. The number of benzene rings is 2. The van der Waals surface area contributed by atoms with E-state index in [-0.39, 0.29) is 6.04 Å². The third-order valence-corrected chi connectivity index (χ3v) is 5.32. The number of likely N-dealkylation sites (N-methyl/N-ethyl adjacent to an activating group) is 1. The van der Waals surface area contributed by atoms with Crippen molar-refractivity contribution in [2.45, 2.75) is 12.5 Å². The molecule has 2 N–H and O–H groups in total. The Kier molecular flexibility index (Phi) is 5.37. The van der Waals surface area contributed by atoms with Gasteiger partial charge in [-0.15, -0.1) is 10.2 Å². The van der Waals surface area contributed by atoms with Crippen molar-refractivity contribution in [2.24, 2.45) is 0 Å². The normalized spacial score (nSPS) is 12.2. The van der Waals surface area contributed by atoms with Crippen LogP contribution in [0.5, 0.6) is 0 Å². The van der Waals surface area contributed by atoms with Crippen molar-refractivity contribution in [1.82, 2.24) is 20.5 Å². The van der Waals surface area contributed by atoms with Gasteiger partial charge in [-0.2, -0.15) is 0 Å². The van der Waals surface area contributed by atoms with E-state index in [9.17, 15) is 0 Å². The molecule has 0 saturated heterocycles.